The summed E-state index contributed by atoms with van der Waals surface area (Å²) in [5, 5.41) is 19.2. The molecule has 1 aromatic carbocycles. The van der Waals surface area contributed by atoms with E-state index in [9.17, 15) is 5.11 Å². The van der Waals surface area contributed by atoms with Gasteiger partial charge in [0.05, 0.1) is 17.9 Å². The molecular formula is C29H41N3O3. The molecule has 3 aliphatic rings. The summed E-state index contributed by atoms with van der Waals surface area (Å²) in [4.78, 5) is 2.30. The number of ether oxygens (including phenoxy) is 2. The van der Waals surface area contributed by atoms with Crippen molar-refractivity contribution < 1.29 is 14.6 Å². The van der Waals surface area contributed by atoms with Crippen molar-refractivity contribution in [3.63, 3.8) is 0 Å². The number of fused-ring (bicyclic) bond motifs is 1. The Labute approximate surface area is 210 Å². The first kappa shape index (κ1) is 24.5. The molecule has 1 saturated heterocycles. The third kappa shape index (κ3) is 5.97. The molecule has 6 nitrogen and oxygen atoms in total. The quantitative estimate of drug-likeness (QED) is 0.545. The summed E-state index contributed by atoms with van der Waals surface area (Å²) < 4.78 is 12.6. The van der Waals surface area contributed by atoms with Gasteiger partial charge in [-0.25, -0.2) is 0 Å². The molecule has 4 atom stereocenters. The third-order valence-corrected chi connectivity index (χ3v) is 8.18. The van der Waals surface area contributed by atoms with E-state index in [2.05, 4.69) is 59.4 Å². The van der Waals surface area contributed by atoms with Gasteiger partial charge in [-0.15, -0.1) is 5.10 Å². The van der Waals surface area contributed by atoms with Gasteiger partial charge in [0.25, 0.3) is 0 Å². The normalized spacial score (nSPS) is 27.5. The van der Waals surface area contributed by atoms with Crippen molar-refractivity contribution in [3.8, 4) is 22.8 Å². The number of piperidine rings is 1. The Morgan fingerprint density at radius 1 is 0.971 bits per heavy atom. The van der Waals surface area contributed by atoms with Crippen molar-refractivity contribution in [1.29, 1.82) is 0 Å². The van der Waals surface area contributed by atoms with Crippen LogP contribution in [0, 0.1) is 5.92 Å². The number of β-amino-alcohol motifs (C(OH)–C–C–N with tert-alkyl or cyclic N) is 1. The Hall–Kier alpha value is -2.18. The molecule has 2 saturated carbocycles. The van der Waals surface area contributed by atoms with Crippen molar-refractivity contribution in [2.24, 2.45) is 5.92 Å². The Morgan fingerprint density at radius 2 is 1.77 bits per heavy atom. The highest BCUT2D eigenvalue weighted by atomic mass is 16.5. The summed E-state index contributed by atoms with van der Waals surface area (Å²) in [6.45, 7) is 2.96. The average molecular weight is 480 g/mol. The second-order valence-corrected chi connectivity index (χ2v) is 10.9. The Bertz CT molecular complexity index is 960. The van der Waals surface area contributed by atoms with Crippen LogP contribution in [0.25, 0.3) is 11.1 Å². The Balaban J connectivity index is 1.31. The van der Waals surface area contributed by atoms with Gasteiger partial charge < -0.3 is 19.5 Å². The van der Waals surface area contributed by atoms with Gasteiger partial charge >= 0.3 is 0 Å². The van der Waals surface area contributed by atoms with E-state index in [0.717, 1.165) is 80.5 Å². The Kier molecular flexibility index (Phi) is 7.88. The molecule has 1 aliphatic heterocycles. The number of aryl methyl sites for hydroxylation is 1. The van der Waals surface area contributed by atoms with E-state index in [1.807, 2.05) is 0 Å². The minimum atomic E-state index is -0.227. The zero-order chi connectivity index (χ0) is 24.2. The molecule has 2 unspecified atom stereocenters. The van der Waals surface area contributed by atoms with Crippen molar-refractivity contribution in [1.82, 2.24) is 15.1 Å². The third-order valence-electron chi connectivity index (χ3n) is 8.18. The van der Waals surface area contributed by atoms with E-state index in [1.54, 1.807) is 0 Å². The lowest BCUT2D eigenvalue weighted by Crippen LogP contribution is -2.46. The summed E-state index contributed by atoms with van der Waals surface area (Å²) in [5.41, 5.74) is 3.27. The maximum absolute atomic E-state index is 10.2. The summed E-state index contributed by atoms with van der Waals surface area (Å²) in [6, 6.07) is 11.0. The van der Waals surface area contributed by atoms with Gasteiger partial charge in [0.1, 0.15) is 11.9 Å². The number of hydrogen-bond acceptors (Lipinski definition) is 6. The largest absolute Gasteiger partial charge is 0.490 e. The number of hydrogen-bond donors (Lipinski definition) is 1. The highest BCUT2D eigenvalue weighted by Gasteiger charge is 2.42. The highest BCUT2D eigenvalue weighted by molar-refractivity contribution is 5.67. The van der Waals surface area contributed by atoms with E-state index >= 15 is 0 Å². The first-order valence-corrected chi connectivity index (χ1v) is 13.8. The van der Waals surface area contributed by atoms with Gasteiger partial charge in [-0.3, -0.25) is 0 Å². The number of aliphatic hydroxyl groups excluding tert-OH is 1. The fourth-order valence-electron chi connectivity index (χ4n) is 6.33. The molecule has 5 rings (SSSR count). The molecule has 2 aliphatic carbocycles. The highest BCUT2D eigenvalue weighted by Crippen LogP contribution is 2.38. The van der Waals surface area contributed by atoms with E-state index in [0.29, 0.717) is 23.9 Å². The average Bonchev–Trinajstić information content (AvgIpc) is 3.27. The molecule has 6 heteroatoms. The van der Waals surface area contributed by atoms with Gasteiger partial charge in [0.2, 0.25) is 5.88 Å². The maximum atomic E-state index is 10.2. The summed E-state index contributed by atoms with van der Waals surface area (Å²) in [7, 11) is 2.12. The number of aliphatic hydroxyl groups is 1. The summed E-state index contributed by atoms with van der Waals surface area (Å²) in [6.07, 6.45) is 12.4. The smallest absolute Gasteiger partial charge is 0.234 e. The zero-order valence-corrected chi connectivity index (χ0v) is 21.4. The molecule has 0 radical (unpaired) electrons. The number of nitrogens with zero attached hydrogens (tertiary/aromatic N) is 3. The van der Waals surface area contributed by atoms with Gasteiger partial charge in [-0.05, 0) is 82.0 Å². The van der Waals surface area contributed by atoms with Crippen molar-refractivity contribution in [3.05, 3.63) is 36.0 Å². The lowest BCUT2D eigenvalue weighted by molar-refractivity contribution is 0.0251. The number of likely N-dealkylation sites (tertiary alicyclic amines) is 1. The van der Waals surface area contributed by atoms with E-state index in [-0.39, 0.29) is 12.2 Å². The summed E-state index contributed by atoms with van der Waals surface area (Å²) in [5.74, 6) is 2.05. The predicted molar refractivity (Wildman–Crippen MR) is 138 cm³/mol. The lowest BCUT2D eigenvalue weighted by Gasteiger charge is -2.37. The molecule has 2 aromatic rings. The number of rotatable bonds is 8. The molecular weight excluding hydrogens is 438 g/mol. The van der Waals surface area contributed by atoms with Crippen LogP contribution in [0.3, 0.4) is 0 Å². The molecule has 1 aromatic heterocycles. The number of likely N-dealkylation sites (N-methyl/N-ethyl adjacent to an activating group) is 1. The van der Waals surface area contributed by atoms with Crippen molar-refractivity contribution in [2.75, 3.05) is 13.6 Å². The van der Waals surface area contributed by atoms with Crippen LogP contribution in [0.5, 0.6) is 11.6 Å². The zero-order valence-electron chi connectivity index (χ0n) is 21.4. The van der Waals surface area contributed by atoms with Crippen LogP contribution in [0.2, 0.25) is 0 Å². The van der Waals surface area contributed by atoms with E-state index in [4.69, 9.17) is 9.47 Å². The minimum Gasteiger partial charge on any atom is -0.490 e. The van der Waals surface area contributed by atoms with Crippen LogP contribution in [0.1, 0.15) is 76.8 Å². The molecule has 3 fully saturated rings. The molecule has 190 valence electrons. The topological polar surface area (TPSA) is 67.7 Å². The lowest BCUT2D eigenvalue weighted by atomic mass is 9.91. The number of benzene rings is 1. The molecule has 0 bridgehead atoms. The van der Waals surface area contributed by atoms with Crippen LogP contribution in [-0.2, 0) is 6.42 Å². The fourth-order valence-corrected chi connectivity index (χ4v) is 6.33. The fraction of sp³-hybridized carbons (Fsp3) is 0.655. The second-order valence-electron chi connectivity index (χ2n) is 10.9. The molecule has 0 spiro atoms. The van der Waals surface area contributed by atoms with Crippen LogP contribution in [-0.4, -0.2) is 58.1 Å². The van der Waals surface area contributed by atoms with Gasteiger partial charge in [0.15, 0.2) is 0 Å². The van der Waals surface area contributed by atoms with Gasteiger partial charge in [-0.1, -0.05) is 31.9 Å². The second kappa shape index (κ2) is 11.3. The van der Waals surface area contributed by atoms with E-state index in [1.165, 1.54) is 19.3 Å². The molecule has 2 heterocycles. The first-order chi connectivity index (χ1) is 17.1. The monoisotopic (exact) mass is 479 g/mol. The number of unbranched alkanes of at least 4 members (excludes halogenated alkanes) is 1. The minimum absolute atomic E-state index is 0.118. The first-order valence-electron chi connectivity index (χ1n) is 13.8. The standard InChI is InChI=1S/C29H41N3O3/c1-3-4-10-27-26(20-11-13-24(14-12-20)34-23-8-6-5-7-9-23)18-29(31-30-27)35-25-16-21-15-22(33)19-32(2)28(21)17-25/h11-14,18,21-23,25,28,33H,3-10,15-17,19H2,1-2H3/t21?,22-,25-,28?/m1/s1. The van der Waals surface area contributed by atoms with Gasteiger partial charge in [-0.2, -0.15) is 5.10 Å². The van der Waals surface area contributed by atoms with Crippen LogP contribution < -0.4 is 9.47 Å². The van der Waals surface area contributed by atoms with Crippen molar-refractivity contribution >= 4 is 0 Å². The maximum Gasteiger partial charge on any atom is 0.234 e. The molecule has 1 N–H and O–H groups in total. The van der Waals surface area contributed by atoms with Crippen LogP contribution in [0.4, 0.5) is 0 Å². The van der Waals surface area contributed by atoms with Gasteiger partial charge in [0, 0.05) is 30.6 Å². The van der Waals surface area contributed by atoms with Crippen molar-refractivity contribution in [2.45, 2.75) is 102 Å². The van der Waals surface area contributed by atoms with Crippen LogP contribution in [0.15, 0.2) is 30.3 Å². The molecule has 35 heavy (non-hydrogen) atoms. The number of aromatic nitrogens is 2. The van der Waals surface area contributed by atoms with E-state index < -0.39 is 0 Å². The SMILES string of the molecule is CCCCc1nnc(O[C@@H]2CC3C[C@@H](O)CN(C)C3C2)cc1-c1ccc(OC2CCCCC2)cc1. The molecule has 0 amide bonds. The van der Waals surface area contributed by atoms with Crippen LogP contribution >= 0.6 is 0 Å². The predicted octanol–water partition coefficient (Wildman–Crippen LogP) is 5.42. The Morgan fingerprint density at radius 3 is 2.54 bits per heavy atom. The summed E-state index contributed by atoms with van der Waals surface area (Å²) >= 11 is 0.